The lowest BCUT2D eigenvalue weighted by atomic mass is 9.79. The highest BCUT2D eigenvalue weighted by Gasteiger charge is 2.53. The van der Waals surface area contributed by atoms with Crippen molar-refractivity contribution in [1.29, 1.82) is 0 Å². The van der Waals surface area contributed by atoms with Crippen LogP contribution in [0.4, 0.5) is 0 Å². The minimum Gasteiger partial charge on any atom is -0.285 e. The van der Waals surface area contributed by atoms with E-state index in [0.717, 1.165) is 25.7 Å². The maximum absolute atomic E-state index is 12.1. The Bertz CT molecular complexity index is 510. The Balaban J connectivity index is 5.93. The van der Waals surface area contributed by atoms with Crippen molar-refractivity contribution in [2.75, 3.05) is 5.75 Å². The van der Waals surface area contributed by atoms with Crippen molar-refractivity contribution < 1.29 is 25.9 Å². The molecule has 6 nitrogen and oxygen atoms in total. The summed E-state index contributed by atoms with van der Waals surface area (Å²) < 4.78 is 64.3. The van der Waals surface area contributed by atoms with E-state index in [2.05, 4.69) is 0 Å². The van der Waals surface area contributed by atoms with E-state index in [9.17, 15) is 25.9 Å². The van der Waals surface area contributed by atoms with Crippen LogP contribution in [0, 0.1) is 11.8 Å². The molecule has 0 aromatic heterocycles. The summed E-state index contributed by atoms with van der Waals surface area (Å²) in [7, 11) is -9.20. The Morgan fingerprint density at radius 1 is 0.864 bits per heavy atom. The molecule has 0 aliphatic carbocycles. The van der Waals surface area contributed by atoms with E-state index < -0.39 is 42.6 Å². The van der Waals surface area contributed by atoms with Gasteiger partial charge in [0.25, 0.3) is 20.2 Å². The van der Waals surface area contributed by atoms with Crippen molar-refractivity contribution in [3.8, 4) is 0 Å². The van der Waals surface area contributed by atoms with Gasteiger partial charge in [-0.2, -0.15) is 16.8 Å². The molecule has 0 aromatic rings. The summed E-state index contributed by atoms with van der Waals surface area (Å²) in [6.07, 6.45) is 4.07. The zero-order valence-electron chi connectivity index (χ0n) is 13.9. The topological polar surface area (TPSA) is 109 Å². The zero-order chi connectivity index (χ0) is 17.6. The van der Waals surface area contributed by atoms with Gasteiger partial charge in [-0.25, -0.2) is 0 Å². The second-order valence-electron chi connectivity index (χ2n) is 6.24. The third-order valence-electron chi connectivity index (χ3n) is 4.54. The van der Waals surface area contributed by atoms with E-state index in [1.807, 2.05) is 13.8 Å². The van der Waals surface area contributed by atoms with E-state index in [1.54, 1.807) is 13.8 Å². The largest absolute Gasteiger partial charge is 0.285 e. The number of hydrogen-bond donors (Lipinski definition) is 2. The fraction of sp³-hybridized carbons (Fsp3) is 1.00. The lowest BCUT2D eigenvalue weighted by Gasteiger charge is -2.40. The third-order valence-corrected chi connectivity index (χ3v) is 7.47. The van der Waals surface area contributed by atoms with Gasteiger partial charge >= 0.3 is 0 Å². The number of rotatable bonds is 11. The quantitative estimate of drug-likeness (QED) is 0.549. The van der Waals surface area contributed by atoms with Gasteiger partial charge in [0.1, 0.15) is 4.75 Å². The molecule has 2 unspecified atom stereocenters. The molecule has 8 heteroatoms. The van der Waals surface area contributed by atoms with Crippen molar-refractivity contribution in [3.63, 3.8) is 0 Å². The van der Waals surface area contributed by atoms with Crippen LogP contribution < -0.4 is 0 Å². The minimum atomic E-state index is -4.66. The summed E-state index contributed by atoms with van der Waals surface area (Å²) in [5.74, 6) is -2.11. The van der Waals surface area contributed by atoms with Gasteiger partial charge in [-0.3, -0.25) is 9.11 Å². The smallest absolute Gasteiger partial charge is 0.272 e. The first-order chi connectivity index (χ1) is 9.92. The zero-order valence-corrected chi connectivity index (χ0v) is 15.6. The molecule has 2 N–H and O–H groups in total. The van der Waals surface area contributed by atoms with Crippen LogP contribution in [-0.4, -0.2) is 36.4 Å². The Morgan fingerprint density at radius 3 is 1.45 bits per heavy atom. The highest BCUT2D eigenvalue weighted by atomic mass is 32.2. The SMILES string of the molecule is CCCCC(C)C(CS(=O)(=O)O)(C(C)CCCC)S(=O)(=O)O. The predicted octanol–water partition coefficient (Wildman–Crippen LogP) is 3.15. The maximum Gasteiger partial charge on any atom is 0.272 e. The minimum absolute atomic E-state index is 0.474. The van der Waals surface area contributed by atoms with Crippen LogP contribution in [0.2, 0.25) is 0 Å². The van der Waals surface area contributed by atoms with Crippen LogP contribution in [0.3, 0.4) is 0 Å². The molecule has 0 aliphatic heterocycles. The first-order valence-electron chi connectivity index (χ1n) is 7.84. The van der Waals surface area contributed by atoms with Gasteiger partial charge in [0.05, 0.1) is 5.75 Å². The van der Waals surface area contributed by atoms with Gasteiger partial charge in [0.15, 0.2) is 0 Å². The van der Waals surface area contributed by atoms with Crippen molar-refractivity contribution in [1.82, 2.24) is 0 Å². The van der Waals surface area contributed by atoms with E-state index >= 15 is 0 Å². The molecule has 0 heterocycles. The van der Waals surface area contributed by atoms with E-state index in [0.29, 0.717) is 12.8 Å². The molecule has 0 rings (SSSR count). The Morgan fingerprint density at radius 2 is 1.23 bits per heavy atom. The first-order valence-corrected chi connectivity index (χ1v) is 10.9. The van der Waals surface area contributed by atoms with E-state index in [4.69, 9.17) is 0 Å². The molecule has 0 saturated carbocycles. The monoisotopic (exact) mass is 358 g/mol. The summed E-state index contributed by atoms with van der Waals surface area (Å²) >= 11 is 0. The second-order valence-corrected chi connectivity index (χ2v) is 9.41. The van der Waals surface area contributed by atoms with Gasteiger partial charge in [-0.15, -0.1) is 0 Å². The van der Waals surface area contributed by atoms with Crippen LogP contribution in [-0.2, 0) is 20.2 Å². The normalized spacial score (nSPS) is 18.6. The first kappa shape index (κ1) is 21.8. The van der Waals surface area contributed by atoms with E-state index in [1.165, 1.54) is 0 Å². The van der Waals surface area contributed by atoms with Crippen molar-refractivity contribution >= 4 is 20.2 Å². The summed E-state index contributed by atoms with van der Waals surface area (Å²) in [5.41, 5.74) is 0. The molecule has 0 fully saturated rings. The summed E-state index contributed by atoms with van der Waals surface area (Å²) in [6.45, 7) is 7.17. The molecule has 0 radical (unpaired) electrons. The van der Waals surface area contributed by atoms with Crippen molar-refractivity contribution in [2.45, 2.75) is 71.0 Å². The molecule has 22 heavy (non-hydrogen) atoms. The summed E-state index contributed by atoms with van der Waals surface area (Å²) in [4.78, 5) is 0. The molecule has 0 aliphatic rings. The summed E-state index contributed by atoms with van der Waals surface area (Å²) in [5, 5.41) is 0. The fourth-order valence-electron chi connectivity index (χ4n) is 3.15. The molecular formula is C14H30O6S2. The summed E-state index contributed by atoms with van der Waals surface area (Å²) in [6, 6.07) is 0. The molecule has 0 spiro atoms. The Kier molecular flexibility index (Phi) is 8.54. The van der Waals surface area contributed by atoms with Crippen LogP contribution in [0.5, 0.6) is 0 Å². The van der Waals surface area contributed by atoms with Crippen molar-refractivity contribution in [3.05, 3.63) is 0 Å². The fourth-order valence-corrected chi connectivity index (χ4v) is 6.58. The lowest BCUT2D eigenvalue weighted by molar-refractivity contribution is 0.248. The highest BCUT2D eigenvalue weighted by Crippen LogP contribution is 2.40. The molecule has 0 aromatic carbocycles. The van der Waals surface area contributed by atoms with Crippen molar-refractivity contribution in [2.24, 2.45) is 11.8 Å². The predicted molar refractivity (Wildman–Crippen MR) is 88.1 cm³/mol. The van der Waals surface area contributed by atoms with E-state index in [-0.39, 0.29) is 0 Å². The van der Waals surface area contributed by atoms with Gasteiger partial charge in [0, 0.05) is 0 Å². The average molecular weight is 359 g/mol. The van der Waals surface area contributed by atoms with Crippen LogP contribution in [0.25, 0.3) is 0 Å². The molecule has 134 valence electrons. The standard InChI is InChI=1S/C14H30O6S2/c1-5-7-9-12(3)14(22(18,19)20,11-21(15,16)17)13(4)10-8-6-2/h12-13H,5-11H2,1-4H3,(H,15,16,17)(H,18,19,20). The van der Waals surface area contributed by atoms with Gasteiger partial charge in [0.2, 0.25) is 0 Å². The second kappa shape index (κ2) is 8.61. The van der Waals surface area contributed by atoms with Gasteiger partial charge < -0.3 is 0 Å². The molecular weight excluding hydrogens is 328 g/mol. The molecule has 0 saturated heterocycles. The van der Waals surface area contributed by atoms with Crippen LogP contribution in [0.1, 0.15) is 66.2 Å². The molecule has 0 amide bonds. The number of hydrogen-bond acceptors (Lipinski definition) is 4. The van der Waals surface area contributed by atoms with Gasteiger partial charge in [-0.05, 0) is 24.7 Å². The van der Waals surface area contributed by atoms with Crippen LogP contribution in [0.15, 0.2) is 0 Å². The van der Waals surface area contributed by atoms with Gasteiger partial charge in [-0.1, -0.05) is 53.4 Å². The number of unbranched alkanes of at least 4 members (excludes halogenated alkanes) is 2. The third kappa shape index (κ3) is 5.79. The Labute approximate surface area is 135 Å². The van der Waals surface area contributed by atoms with Crippen LogP contribution >= 0.6 is 0 Å². The maximum atomic E-state index is 12.1. The lowest BCUT2D eigenvalue weighted by Crippen LogP contribution is -2.54. The highest BCUT2D eigenvalue weighted by molar-refractivity contribution is 7.90. The molecule has 2 atom stereocenters. The average Bonchev–Trinajstić information content (AvgIpc) is 2.36. The molecule has 0 bridgehead atoms. The Hall–Kier alpha value is -0.180.